The maximum absolute atomic E-state index is 13.5. The van der Waals surface area contributed by atoms with Crippen molar-refractivity contribution in [1.29, 1.82) is 0 Å². The molecule has 0 radical (unpaired) electrons. The zero-order chi connectivity index (χ0) is 25.0. The Morgan fingerprint density at radius 1 is 1.14 bits per heavy atom. The van der Waals surface area contributed by atoms with Gasteiger partial charge in [-0.05, 0) is 69.5 Å². The summed E-state index contributed by atoms with van der Waals surface area (Å²) in [6, 6.07) is 11.9. The van der Waals surface area contributed by atoms with Crippen molar-refractivity contribution >= 4 is 5.91 Å². The van der Waals surface area contributed by atoms with E-state index in [2.05, 4.69) is 0 Å². The van der Waals surface area contributed by atoms with Crippen LogP contribution < -0.4 is 9.47 Å². The molecule has 2 aromatic rings. The molecule has 190 valence electrons. The second kappa shape index (κ2) is 11.0. The van der Waals surface area contributed by atoms with Gasteiger partial charge in [-0.15, -0.1) is 0 Å². The molecule has 2 unspecified atom stereocenters. The molecule has 0 bridgehead atoms. The molecule has 2 aliphatic heterocycles. The fourth-order valence-corrected chi connectivity index (χ4v) is 5.15. The van der Waals surface area contributed by atoms with Crippen LogP contribution in [0.5, 0.6) is 11.5 Å². The van der Waals surface area contributed by atoms with Crippen molar-refractivity contribution in [3.8, 4) is 11.5 Å². The minimum Gasteiger partial charge on any atom is -0.493 e. The van der Waals surface area contributed by atoms with Gasteiger partial charge < -0.3 is 23.8 Å². The van der Waals surface area contributed by atoms with Gasteiger partial charge in [0.05, 0.1) is 31.0 Å². The summed E-state index contributed by atoms with van der Waals surface area (Å²) in [5.41, 5.74) is 1.18. The zero-order valence-electron chi connectivity index (χ0n) is 21.1. The van der Waals surface area contributed by atoms with Gasteiger partial charge in [0.15, 0.2) is 11.5 Å². The van der Waals surface area contributed by atoms with Gasteiger partial charge >= 0.3 is 0 Å². The predicted octanol–water partition coefficient (Wildman–Crippen LogP) is 5.55. The number of benzene rings is 2. The number of nitrogens with zero attached hydrogens (tertiary/aromatic N) is 1. The van der Waals surface area contributed by atoms with Gasteiger partial charge in [-0.2, -0.15) is 0 Å². The van der Waals surface area contributed by atoms with Crippen LogP contribution in [-0.4, -0.2) is 55.4 Å². The summed E-state index contributed by atoms with van der Waals surface area (Å²) in [7, 11) is 1.58. The second-order valence-corrected chi connectivity index (χ2v) is 9.68. The third-order valence-electron chi connectivity index (χ3n) is 6.85. The first-order chi connectivity index (χ1) is 16.8. The Labute approximate surface area is 207 Å². The number of methoxy groups -OCH3 is 1. The summed E-state index contributed by atoms with van der Waals surface area (Å²) >= 11 is 0. The molecule has 4 rings (SSSR count). The Balaban J connectivity index is 1.46. The number of amides is 1. The lowest BCUT2D eigenvalue weighted by molar-refractivity contribution is -0.190. The monoisotopic (exact) mass is 485 g/mol. The highest BCUT2D eigenvalue weighted by atomic mass is 19.1. The van der Waals surface area contributed by atoms with E-state index in [1.165, 1.54) is 12.1 Å². The molecule has 35 heavy (non-hydrogen) atoms. The Kier molecular flexibility index (Phi) is 7.97. The molecule has 2 atom stereocenters. The maximum Gasteiger partial charge on any atom is 0.253 e. The first kappa shape index (κ1) is 25.5. The highest BCUT2D eigenvalue weighted by Gasteiger charge is 2.45. The van der Waals surface area contributed by atoms with Crippen molar-refractivity contribution in [3.63, 3.8) is 0 Å². The molecule has 1 amide bonds. The van der Waals surface area contributed by atoms with Gasteiger partial charge in [-0.3, -0.25) is 4.79 Å². The van der Waals surface area contributed by atoms with Crippen molar-refractivity contribution < 1.29 is 28.1 Å². The Morgan fingerprint density at radius 2 is 1.86 bits per heavy atom. The van der Waals surface area contributed by atoms with E-state index in [9.17, 15) is 9.18 Å². The minimum absolute atomic E-state index is 0.0125. The van der Waals surface area contributed by atoms with Crippen LogP contribution in [0.15, 0.2) is 42.5 Å². The minimum atomic E-state index is -0.361. The van der Waals surface area contributed by atoms with Crippen molar-refractivity contribution in [2.75, 3.05) is 26.8 Å². The third-order valence-corrected chi connectivity index (χ3v) is 6.85. The third kappa shape index (κ3) is 5.96. The van der Waals surface area contributed by atoms with Gasteiger partial charge in [-0.25, -0.2) is 4.39 Å². The van der Waals surface area contributed by atoms with Crippen molar-refractivity contribution in [3.05, 3.63) is 59.4 Å². The largest absolute Gasteiger partial charge is 0.493 e. The maximum atomic E-state index is 13.5. The molecule has 0 saturated carbocycles. The lowest BCUT2D eigenvalue weighted by Crippen LogP contribution is -2.52. The molecule has 7 heteroatoms. The molecule has 0 aliphatic carbocycles. The van der Waals surface area contributed by atoms with E-state index in [1.807, 2.05) is 25.7 Å². The number of piperidine rings is 1. The van der Waals surface area contributed by atoms with Gasteiger partial charge in [0.2, 0.25) is 0 Å². The smallest absolute Gasteiger partial charge is 0.253 e. The molecular formula is C28H36FNO5. The van der Waals surface area contributed by atoms with Crippen LogP contribution in [0.3, 0.4) is 0 Å². The molecule has 2 aliphatic rings. The summed E-state index contributed by atoms with van der Waals surface area (Å²) in [6.45, 7) is 7.74. The summed E-state index contributed by atoms with van der Waals surface area (Å²) in [6.07, 6.45) is 2.93. The summed E-state index contributed by atoms with van der Waals surface area (Å²) in [5.74, 6) is 0.894. The second-order valence-electron chi connectivity index (χ2n) is 9.68. The number of carbonyl (C=O) groups excluding carboxylic acids is 1. The summed E-state index contributed by atoms with van der Waals surface area (Å²) < 4.78 is 37.4. The van der Waals surface area contributed by atoms with E-state index in [1.54, 1.807) is 37.4 Å². The average molecular weight is 486 g/mol. The van der Waals surface area contributed by atoms with Gasteiger partial charge in [0.1, 0.15) is 5.82 Å². The SMILES string of the molecule is CCOC1CC(c2ccc(F)cc2)OC2(CCN(C(=O)c3ccc(OC(C)C)c(OC)c3)CC2)C1. The highest BCUT2D eigenvalue weighted by Crippen LogP contribution is 2.44. The number of hydrogen-bond donors (Lipinski definition) is 0. The Morgan fingerprint density at radius 3 is 2.49 bits per heavy atom. The Hall–Kier alpha value is -2.64. The molecule has 0 aromatic heterocycles. The standard InChI is InChI=1S/C28H36FNO5/c1-5-33-23-17-25(20-6-9-22(29)10-7-20)35-28(18-23)12-14-30(15-13-28)27(31)21-8-11-24(34-19(2)3)26(16-21)32-4/h6-11,16,19,23,25H,5,12-15,17-18H2,1-4H3. The summed E-state index contributed by atoms with van der Waals surface area (Å²) in [4.78, 5) is 15.2. The number of likely N-dealkylation sites (tertiary alicyclic amines) is 1. The molecule has 2 aromatic carbocycles. The van der Waals surface area contributed by atoms with Crippen LogP contribution in [0.2, 0.25) is 0 Å². The van der Waals surface area contributed by atoms with Crippen molar-refractivity contribution in [2.45, 2.75) is 70.4 Å². The first-order valence-electron chi connectivity index (χ1n) is 12.5. The molecule has 2 heterocycles. The normalized spacial score (nSPS) is 21.8. The number of rotatable bonds is 7. The number of halogens is 1. The highest BCUT2D eigenvalue weighted by molar-refractivity contribution is 5.95. The molecule has 2 saturated heterocycles. The molecule has 6 nitrogen and oxygen atoms in total. The van der Waals surface area contributed by atoms with E-state index < -0.39 is 0 Å². The summed E-state index contributed by atoms with van der Waals surface area (Å²) in [5, 5.41) is 0. The van der Waals surface area contributed by atoms with Gasteiger partial charge in [-0.1, -0.05) is 12.1 Å². The van der Waals surface area contributed by atoms with Crippen LogP contribution >= 0.6 is 0 Å². The molecule has 2 fully saturated rings. The Bertz CT molecular complexity index is 1000. The van der Waals surface area contributed by atoms with Crippen molar-refractivity contribution in [2.24, 2.45) is 0 Å². The molecular weight excluding hydrogens is 449 g/mol. The van der Waals surface area contributed by atoms with Gasteiger partial charge in [0.25, 0.3) is 5.91 Å². The van der Waals surface area contributed by atoms with Crippen molar-refractivity contribution in [1.82, 2.24) is 4.90 Å². The topological polar surface area (TPSA) is 57.2 Å². The van der Waals surface area contributed by atoms with E-state index in [-0.39, 0.29) is 35.6 Å². The van der Waals surface area contributed by atoms with Crippen LogP contribution in [0, 0.1) is 5.82 Å². The fraction of sp³-hybridized carbons (Fsp3) is 0.536. The fourth-order valence-electron chi connectivity index (χ4n) is 5.15. The predicted molar refractivity (Wildman–Crippen MR) is 132 cm³/mol. The van der Waals surface area contributed by atoms with E-state index in [0.717, 1.165) is 31.2 Å². The quantitative estimate of drug-likeness (QED) is 0.514. The first-order valence-corrected chi connectivity index (χ1v) is 12.5. The van der Waals surface area contributed by atoms with Crippen LogP contribution in [-0.2, 0) is 9.47 Å². The number of hydrogen-bond acceptors (Lipinski definition) is 5. The lowest BCUT2D eigenvalue weighted by atomic mass is 9.80. The van der Waals surface area contributed by atoms with E-state index in [4.69, 9.17) is 18.9 Å². The zero-order valence-corrected chi connectivity index (χ0v) is 21.1. The van der Waals surface area contributed by atoms with Crippen LogP contribution in [0.1, 0.15) is 68.5 Å². The van der Waals surface area contributed by atoms with E-state index in [0.29, 0.717) is 36.8 Å². The molecule has 1 spiro atoms. The number of carbonyl (C=O) groups is 1. The van der Waals surface area contributed by atoms with Crippen LogP contribution in [0.25, 0.3) is 0 Å². The van der Waals surface area contributed by atoms with E-state index >= 15 is 0 Å². The average Bonchev–Trinajstić information content (AvgIpc) is 2.84. The van der Waals surface area contributed by atoms with Gasteiger partial charge in [0, 0.05) is 38.1 Å². The van der Waals surface area contributed by atoms with Crippen LogP contribution in [0.4, 0.5) is 4.39 Å². The number of ether oxygens (including phenoxy) is 4. The molecule has 0 N–H and O–H groups in total. The lowest BCUT2D eigenvalue weighted by Gasteiger charge is -2.48.